The zero-order chi connectivity index (χ0) is 16.2. The summed E-state index contributed by atoms with van der Waals surface area (Å²) in [5, 5.41) is 4.42. The van der Waals surface area contributed by atoms with Gasteiger partial charge in [-0.05, 0) is 26.3 Å². The van der Waals surface area contributed by atoms with Gasteiger partial charge in [-0.3, -0.25) is 14.4 Å². The number of allylic oxidation sites excluding steroid dienone is 1. The maximum atomic E-state index is 11.5. The number of rotatable bonds is 5. The fraction of sp³-hybridized carbons (Fsp3) is 0.471. The zero-order valence-electron chi connectivity index (χ0n) is 13.5. The van der Waals surface area contributed by atoms with Crippen molar-refractivity contribution in [1.82, 2.24) is 24.6 Å². The summed E-state index contributed by atoms with van der Waals surface area (Å²) in [6.07, 6.45) is 7.52. The van der Waals surface area contributed by atoms with Gasteiger partial charge < -0.3 is 4.98 Å². The lowest BCUT2D eigenvalue weighted by molar-refractivity contribution is 0.198. The number of aromatic amines is 1. The molecule has 2 aromatic heterocycles. The van der Waals surface area contributed by atoms with Crippen molar-refractivity contribution in [2.75, 3.05) is 13.1 Å². The summed E-state index contributed by atoms with van der Waals surface area (Å²) < 4.78 is 1.97. The van der Waals surface area contributed by atoms with E-state index < -0.39 is 0 Å². The van der Waals surface area contributed by atoms with Crippen molar-refractivity contribution in [3.8, 4) is 0 Å². The topological polar surface area (TPSA) is 66.8 Å². The van der Waals surface area contributed by atoms with E-state index in [9.17, 15) is 4.79 Å². The molecule has 0 saturated carbocycles. The Morgan fingerprint density at radius 1 is 1.52 bits per heavy atom. The lowest BCUT2D eigenvalue weighted by atomic mass is 9.94. The van der Waals surface area contributed by atoms with E-state index in [1.54, 1.807) is 6.07 Å². The van der Waals surface area contributed by atoms with Gasteiger partial charge in [0, 0.05) is 36.3 Å². The van der Waals surface area contributed by atoms with E-state index in [0.29, 0.717) is 5.92 Å². The van der Waals surface area contributed by atoms with Crippen molar-refractivity contribution in [2.45, 2.75) is 38.8 Å². The number of aromatic nitrogens is 4. The molecule has 0 amide bonds. The second-order valence-electron chi connectivity index (χ2n) is 6.14. The zero-order valence-corrected chi connectivity index (χ0v) is 13.5. The molecular formula is C17H23N5O. The van der Waals surface area contributed by atoms with E-state index in [4.69, 9.17) is 0 Å². The van der Waals surface area contributed by atoms with Gasteiger partial charge in [-0.25, -0.2) is 4.98 Å². The minimum atomic E-state index is -0.0753. The van der Waals surface area contributed by atoms with Crippen molar-refractivity contribution in [3.63, 3.8) is 0 Å². The number of piperidine rings is 1. The van der Waals surface area contributed by atoms with E-state index in [-0.39, 0.29) is 5.56 Å². The number of H-pyrrole nitrogens is 1. The summed E-state index contributed by atoms with van der Waals surface area (Å²) in [5.41, 5.74) is 3.28. The molecule has 1 saturated heterocycles. The molecule has 1 fully saturated rings. The Morgan fingerprint density at radius 3 is 3.17 bits per heavy atom. The van der Waals surface area contributed by atoms with Crippen LogP contribution in [0.3, 0.4) is 0 Å². The summed E-state index contributed by atoms with van der Waals surface area (Å²) in [4.78, 5) is 20.8. The number of hydrogen-bond donors (Lipinski definition) is 1. The number of likely N-dealkylation sites (tertiary alicyclic amines) is 1. The molecule has 3 heterocycles. The smallest absolute Gasteiger partial charge is 0.250 e. The van der Waals surface area contributed by atoms with Crippen LogP contribution in [0.15, 0.2) is 36.0 Å². The monoisotopic (exact) mass is 313 g/mol. The van der Waals surface area contributed by atoms with Crippen LogP contribution in [0.2, 0.25) is 0 Å². The van der Waals surface area contributed by atoms with Crippen LogP contribution < -0.4 is 5.56 Å². The maximum absolute atomic E-state index is 11.5. The Hall–Kier alpha value is -2.21. The van der Waals surface area contributed by atoms with E-state index >= 15 is 0 Å². The van der Waals surface area contributed by atoms with Crippen molar-refractivity contribution < 1.29 is 0 Å². The number of hydrogen-bond acceptors (Lipinski definition) is 4. The van der Waals surface area contributed by atoms with Crippen LogP contribution in [-0.2, 0) is 13.1 Å². The first-order valence-electron chi connectivity index (χ1n) is 8.06. The molecule has 6 nitrogen and oxygen atoms in total. The van der Waals surface area contributed by atoms with Crippen molar-refractivity contribution in [1.29, 1.82) is 0 Å². The molecule has 1 aliphatic rings. The Kier molecular flexibility index (Phi) is 4.71. The third-order valence-corrected chi connectivity index (χ3v) is 4.52. The molecule has 122 valence electrons. The lowest BCUT2D eigenvalue weighted by Gasteiger charge is -2.32. The highest BCUT2D eigenvalue weighted by atomic mass is 16.1. The van der Waals surface area contributed by atoms with Gasteiger partial charge in [0.05, 0.1) is 24.8 Å². The van der Waals surface area contributed by atoms with Crippen LogP contribution >= 0.6 is 0 Å². The molecule has 1 N–H and O–H groups in total. The summed E-state index contributed by atoms with van der Waals surface area (Å²) in [6, 6.07) is 1.63. The minimum Gasteiger partial charge on any atom is -0.313 e. The van der Waals surface area contributed by atoms with Gasteiger partial charge in [0.15, 0.2) is 0 Å². The molecule has 0 radical (unpaired) electrons. The van der Waals surface area contributed by atoms with Crippen LogP contribution in [0.1, 0.15) is 35.7 Å². The lowest BCUT2D eigenvalue weighted by Crippen LogP contribution is -2.34. The summed E-state index contributed by atoms with van der Waals surface area (Å²) in [5.74, 6) is 0.328. The Bertz CT molecular complexity index is 733. The van der Waals surface area contributed by atoms with Gasteiger partial charge in [0.1, 0.15) is 0 Å². The predicted molar refractivity (Wildman–Crippen MR) is 89.3 cm³/mol. The standard InChI is InChI=1S/C17H23N5O/c1-3-6-22-13(2)15(9-20-22)11-21-7-4-5-14(10-21)16-8-17(23)19-12-18-16/h3,8-9,12,14H,1,4-7,10-11H2,2H3,(H,18,19,23)/t14-/m0/s1. The van der Waals surface area contributed by atoms with E-state index in [2.05, 4.69) is 33.5 Å². The van der Waals surface area contributed by atoms with Crippen LogP contribution in [0, 0.1) is 6.92 Å². The Morgan fingerprint density at radius 2 is 2.39 bits per heavy atom. The highest BCUT2D eigenvalue weighted by Crippen LogP contribution is 2.26. The average Bonchev–Trinajstić information content (AvgIpc) is 2.89. The van der Waals surface area contributed by atoms with Gasteiger partial charge in [0.2, 0.25) is 0 Å². The van der Waals surface area contributed by atoms with Crippen LogP contribution in [0.4, 0.5) is 0 Å². The molecular weight excluding hydrogens is 290 g/mol. The average molecular weight is 313 g/mol. The molecule has 0 bridgehead atoms. The Balaban J connectivity index is 1.69. The van der Waals surface area contributed by atoms with Gasteiger partial charge in [-0.15, -0.1) is 6.58 Å². The first kappa shape index (κ1) is 15.7. The van der Waals surface area contributed by atoms with Crippen LogP contribution in [-0.4, -0.2) is 37.7 Å². The third-order valence-electron chi connectivity index (χ3n) is 4.52. The molecule has 0 spiro atoms. The molecule has 3 rings (SSSR count). The normalized spacial score (nSPS) is 18.9. The molecule has 1 aliphatic heterocycles. The van der Waals surface area contributed by atoms with Crippen molar-refractivity contribution in [3.05, 3.63) is 58.6 Å². The van der Waals surface area contributed by atoms with Crippen LogP contribution in [0.25, 0.3) is 0 Å². The van der Waals surface area contributed by atoms with Gasteiger partial charge in [-0.1, -0.05) is 6.08 Å². The molecule has 2 aromatic rings. The highest BCUT2D eigenvalue weighted by Gasteiger charge is 2.23. The second kappa shape index (κ2) is 6.91. The predicted octanol–water partition coefficient (Wildman–Crippen LogP) is 1.84. The maximum Gasteiger partial charge on any atom is 0.250 e. The molecule has 0 unspecified atom stereocenters. The number of nitrogens with zero attached hydrogens (tertiary/aromatic N) is 4. The summed E-state index contributed by atoms with van der Waals surface area (Å²) in [6.45, 7) is 9.51. The number of nitrogens with one attached hydrogen (secondary N) is 1. The molecule has 1 atom stereocenters. The molecule has 6 heteroatoms. The summed E-state index contributed by atoms with van der Waals surface area (Å²) >= 11 is 0. The SMILES string of the molecule is C=CCn1ncc(CN2CCC[C@H](c3cc(=O)[nH]cn3)C2)c1C. The van der Waals surface area contributed by atoms with Gasteiger partial charge >= 0.3 is 0 Å². The largest absolute Gasteiger partial charge is 0.313 e. The molecule has 0 aromatic carbocycles. The third kappa shape index (κ3) is 3.59. The van der Waals surface area contributed by atoms with Crippen LogP contribution in [0.5, 0.6) is 0 Å². The van der Waals surface area contributed by atoms with Gasteiger partial charge in [-0.2, -0.15) is 5.10 Å². The quantitative estimate of drug-likeness (QED) is 0.855. The highest BCUT2D eigenvalue weighted by molar-refractivity contribution is 5.17. The first-order valence-corrected chi connectivity index (χ1v) is 8.06. The van der Waals surface area contributed by atoms with E-state index in [1.165, 1.54) is 17.6 Å². The van der Waals surface area contributed by atoms with Crippen molar-refractivity contribution in [2.24, 2.45) is 0 Å². The second-order valence-corrected chi connectivity index (χ2v) is 6.14. The fourth-order valence-corrected chi connectivity index (χ4v) is 3.24. The fourth-order valence-electron chi connectivity index (χ4n) is 3.24. The van der Waals surface area contributed by atoms with E-state index in [1.807, 2.05) is 17.0 Å². The van der Waals surface area contributed by atoms with Crippen molar-refractivity contribution >= 4 is 0 Å². The molecule has 0 aliphatic carbocycles. The first-order chi connectivity index (χ1) is 11.2. The Labute approximate surface area is 135 Å². The summed E-state index contributed by atoms with van der Waals surface area (Å²) in [7, 11) is 0. The minimum absolute atomic E-state index is 0.0753. The molecule has 23 heavy (non-hydrogen) atoms. The van der Waals surface area contributed by atoms with E-state index in [0.717, 1.165) is 44.7 Å². The van der Waals surface area contributed by atoms with Gasteiger partial charge in [0.25, 0.3) is 5.56 Å².